The van der Waals surface area contributed by atoms with E-state index in [4.69, 9.17) is 0 Å². The number of halogens is 1. The van der Waals surface area contributed by atoms with Gasteiger partial charge in [-0.1, -0.05) is 6.92 Å². The second-order valence-electron chi connectivity index (χ2n) is 3.96. The first-order chi connectivity index (χ1) is 8.36. The van der Waals surface area contributed by atoms with E-state index in [9.17, 15) is 19.1 Å². The molecule has 1 aromatic rings. The fourth-order valence-corrected chi connectivity index (χ4v) is 1.88. The van der Waals surface area contributed by atoms with E-state index < -0.39 is 23.2 Å². The van der Waals surface area contributed by atoms with Gasteiger partial charge in [-0.3, -0.25) is 9.78 Å². The number of carboxylic acid groups (broad SMARTS) is 1. The van der Waals surface area contributed by atoms with E-state index in [0.717, 1.165) is 17.2 Å². The first kappa shape index (κ1) is 14.1. The van der Waals surface area contributed by atoms with Gasteiger partial charge in [-0.25, -0.2) is 9.18 Å². The molecule has 5 nitrogen and oxygen atoms in total. The number of carbonyl (C=O) groups is 2. The van der Waals surface area contributed by atoms with Crippen molar-refractivity contribution in [1.82, 2.24) is 9.88 Å². The molecule has 1 rings (SSSR count). The van der Waals surface area contributed by atoms with Crippen LogP contribution in [0, 0.1) is 5.82 Å². The van der Waals surface area contributed by atoms with E-state index in [2.05, 4.69) is 4.98 Å². The Balaban J connectivity index is 3.40. The van der Waals surface area contributed by atoms with Gasteiger partial charge in [-0.2, -0.15) is 0 Å². The number of hydrogen-bond acceptors (Lipinski definition) is 3. The smallest absolute Gasteiger partial charge is 0.335 e. The molecule has 0 spiro atoms. The fourth-order valence-electron chi connectivity index (χ4n) is 1.88. The average Bonchev–Trinajstić information content (AvgIpc) is 2.32. The van der Waals surface area contributed by atoms with Crippen LogP contribution in [-0.2, 0) is 15.1 Å². The Morgan fingerprint density at radius 1 is 1.50 bits per heavy atom. The molecule has 18 heavy (non-hydrogen) atoms. The molecule has 6 heteroatoms. The minimum Gasteiger partial charge on any atom is -0.479 e. The summed E-state index contributed by atoms with van der Waals surface area (Å²) in [5, 5.41) is 9.44. The molecule has 0 bridgehead atoms. The summed E-state index contributed by atoms with van der Waals surface area (Å²) in [7, 11) is 1.39. The molecule has 1 atom stereocenters. The molecule has 0 radical (unpaired) electrons. The van der Waals surface area contributed by atoms with Crippen LogP contribution in [0.3, 0.4) is 0 Å². The van der Waals surface area contributed by atoms with Crippen LogP contribution in [0.2, 0.25) is 0 Å². The van der Waals surface area contributed by atoms with Crippen LogP contribution in [0.25, 0.3) is 0 Å². The molecule has 0 fully saturated rings. The van der Waals surface area contributed by atoms with Crippen molar-refractivity contribution in [3.05, 3.63) is 29.8 Å². The summed E-state index contributed by atoms with van der Waals surface area (Å²) in [6.45, 7) is 2.91. The van der Waals surface area contributed by atoms with Gasteiger partial charge < -0.3 is 10.0 Å². The molecule has 1 unspecified atom stereocenters. The topological polar surface area (TPSA) is 70.5 Å². The third-order valence-corrected chi connectivity index (χ3v) is 3.06. The van der Waals surface area contributed by atoms with Gasteiger partial charge in [0.2, 0.25) is 5.91 Å². The van der Waals surface area contributed by atoms with Gasteiger partial charge in [-0.05, 0) is 18.6 Å². The Labute approximate surface area is 104 Å². The van der Waals surface area contributed by atoms with Crippen molar-refractivity contribution in [2.75, 3.05) is 7.05 Å². The van der Waals surface area contributed by atoms with Gasteiger partial charge in [0, 0.05) is 14.0 Å². The van der Waals surface area contributed by atoms with Crippen LogP contribution < -0.4 is 0 Å². The minimum absolute atomic E-state index is 0.136. The Hall–Kier alpha value is -1.98. The SMILES string of the molecule is CCC(C(=O)O)(c1ccc(F)cn1)N(C)C(C)=O. The number of amides is 1. The van der Waals surface area contributed by atoms with Crippen LogP contribution in [0.4, 0.5) is 4.39 Å². The molecule has 1 heterocycles. The van der Waals surface area contributed by atoms with Gasteiger partial charge in [0.1, 0.15) is 5.82 Å². The fraction of sp³-hybridized carbons (Fsp3) is 0.417. The van der Waals surface area contributed by atoms with Crippen LogP contribution in [0.15, 0.2) is 18.3 Å². The zero-order valence-corrected chi connectivity index (χ0v) is 10.5. The van der Waals surface area contributed by atoms with Gasteiger partial charge in [0.05, 0.1) is 11.9 Å². The van der Waals surface area contributed by atoms with Gasteiger partial charge in [0.25, 0.3) is 0 Å². The maximum atomic E-state index is 12.8. The molecule has 1 N–H and O–H groups in total. The van der Waals surface area contributed by atoms with E-state index in [1.165, 1.54) is 20.0 Å². The number of aromatic nitrogens is 1. The average molecular weight is 254 g/mol. The Kier molecular flexibility index (Phi) is 4.00. The lowest BCUT2D eigenvalue weighted by atomic mass is 9.89. The van der Waals surface area contributed by atoms with Crippen molar-refractivity contribution in [3.63, 3.8) is 0 Å². The van der Waals surface area contributed by atoms with E-state index in [-0.39, 0.29) is 12.1 Å². The highest BCUT2D eigenvalue weighted by Crippen LogP contribution is 2.30. The summed E-state index contributed by atoms with van der Waals surface area (Å²) in [6.07, 6.45) is 1.08. The summed E-state index contributed by atoms with van der Waals surface area (Å²) >= 11 is 0. The number of carbonyl (C=O) groups excluding carboxylic acids is 1. The van der Waals surface area contributed by atoms with Crippen molar-refractivity contribution < 1.29 is 19.1 Å². The predicted molar refractivity (Wildman–Crippen MR) is 62.2 cm³/mol. The van der Waals surface area contributed by atoms with Crippen molar-refractivity contribution in [2.24, 2.45) is 0 Å². The second kappa shape index (κ2) is 5.12. The molecule has 0 aliphatic carbocycles. The summed E-state index contributed by atoms with van der Waals surface area (Å²) in [5.41, 5.74) is -1.43. The second-order valence-corrected chi connectivity index (χ2v) is 3.96. The van der Waals surface area contributed by atoms with Gasteiger partial charge >= 0.3 is 5.97 Å². The largest absolute Gasteiger partial charge is 0.479 e. The summed E-state index contributed by atoms with van der Waals surface area (Å²) in [4.78, 5) is 27.9. The van der Waals surface area contributed by atoms with Crippen LogP contribution in [0.5, 0.6) is 0 Å². The molecule has 0 aromatic carbocycles. The Morgan fingerprint density at radius 2 is 2.11 bits per heavy atom. The third kappa shape index (κ3) is 2.18. The Bertz CT molecular complexity index is 461. The van der Waals surface area contributed by atoms with E-state index >= 15 is 0 Å². The Morgan fingerprint density at radius 3 is 2.44 bits per heavy atom. The number of nitrogens with zero attached hydrogens (tertiary/aromatic N) is 2. The zero-order valence-electron chi connectivity index (χ0n) is 10.5. The third-order valence-electron chi connectivity index (χ3n) is 3.06. The van der Waals surface area contributed by atoms with Gasteiger partial charge in [0.15, 0.2) is 5.54 Å². The lowest BCUT2D eigenvalue weighted by Crippen LogP contribution is -2.52. The number of likely N-dealkylation sites (N-methyl/N-ethyl adjacent to an activating group) is 1. The molecular formula is C12H15FN2O3. The lowest BCUT2D eigenvalue weighted by Gasteiger charge is -2.36. The van der Waals surface area contributed by atoms with Crippen LogP contribution >= 0.6 is 0 Å². The van der Waals surface area contributed by atoms with Crippen molar-refractivity contribution in [3.8, 4) is 0 Å². The van der Waals surface area contributed by atoms with Crippen molar-refractivity contribution in [1.29, 1.82) is 0 Å². The summed E-state index contributed by atoms with van der Waals surface area (Å²) in [5.74, 6) is -2.15. The lowest BCUT2D eigenvalue weighted by molar-refractivity contribution is -0.158. The number of carboxylic acids is 1. The van der Waals surface area contributed by atoms with Gasteiger partial charge in [-0.15, -0.1) is 0 Å². The maximum absolute atomic E-state index is 12.8. The molecular weight excluding hydrogens is 239 g/mol. The highest BCUT2D eigenvalue weighted by molar-refractivity contribution is 5.86. The number of hydrogen-bond donors (Lipinski definition) is 1. The molecule has 0 aliphatic heterocycles. The highest BCUT2D eigenvalue weighted by Gasteiger charge is 2.45. The van der Waals surface area contributed by atoms with E-state index in [1.54, 1.807) is 6.92 Å². The number of rotatable bonds is 4. The van der Waals surface area contributed by atoms with Crippen LogP contribution in [-0.4, -0.2) is 33.9 Å². The first-order valence-corrected chi connectivity index (χ1v) is 5.46. The molecule has 0 saturated heterocycles. The van der Waals surface area contributed by atoms with Crippen LogP contribution in [0.1, 0.15) is 26.0 Å². The number of pyridine rings is 1. The summed E-state index contributed by atoms with van der Waals surface area (Å²) in [6, 6.07) is 2.41. The highest BCUT2D eigenvalue weighted by atomic mass is 19.1. The molecule has 1 aromatic heterocycles. The first-order valence-electron chi connectivity index (χ1n) is 5.46. The molecule has 98 valence electrons. The maximum Gasteiger partial charge on any atom is 0.335 e. The summed E-state index contributed by atoms with van der Waals surface area (Å²) < 4.78 is 12.8. The molecule has 0 aliphatic rings. The quantitative estimate of drug-likeness (QED) is 0.881. The normalized spacial score (nSPS) is 13.8. The van der Waals surface area contributed by atoms with Crippen molar-refractivity contribution in [2.45, 2.75) is 25.8 Å². The van der Waals surface area contributed by atoms with Crippen molar-refractivity contribution >= 4 is 11.9 Å². The monoisotopic (exact) mass is 254 g/mol. The number of aliphatic carboxylic acids is 1. The predicted octanol–water partition coefficient (Wildman–Crippen LogP) is 1.39. The van der Waals surface area contributed by atoms with E-state index in [0.29, 0.717) is 0 Å². The minimum atomic E-state index is -1.57. The van der Waals surface area contributed by atoms with E-state index in [1.807, 2.05) is 0 Å². The molecule has 1 amide bonds. The standard InChI is InChI=1S/C12H15FN2O3/c1-4-12(11(17)18,15(3)8(2)16)10-6-5-9(13)7-14-10/h5-7H,4H2,1-3H3,(H,17,18). The zero-order chi connectivity index (χ0) is 13.9. The molecule has 0 saturated carbocycles.